The van der Waals surface area contributed by atoms with Gasteiger partial charge in [0, 0.05) is 12.5 Å². The lowest BCUT2D eigenvalue weighted by Gasteiger charge is -2.41. The summed E-state index contributed by atoms with van der Waals surface area (Å²) in [6.45, 7) is 8.74. The maximum absolute atomic E-state index is 11.2. The zero-order valence-electron chi connectivity index (χ0n) is 16.2. The maximum atomic E-state index is 11.2. The standard InChI is InChI=1S/C21H34O4/c1-12(2)14-6-8-20(4)10-16-15(7-9-21(16,24)11-25-5)13(3)18(22)19(23)17(14)20/h10,12-13,15,18-19,22-24H,6-9,11H2,1-5H3. The van der Waals surface area contributed by atoms with E-state index in [0.717, 1.165) is 30.4 Å². The zero-order valence-corrected chi connectivity index (χ0v) is 16.2. The van der Waals surface area contributed by atoms with E-state index in [2.05, 4.69) is 26.8 Å². The number of allylic oxidation sites excluding steroid dienone is 2. The van der Waals surface area contributed by atoms with E-state index in [4.69, 9.17) is 4.74 Å². The van der Waals surface area contributed by atoms with Crippen LogP contribution in [-0.2, 0) is 4.74 Å². The molecule has 3 aliphatic carbocycles. The first-order chi connectivity index (χ1) is 11.6. The Morgan fingerprint density at radius 2 is 1.96 bits per heavy atom. The van der Waals surface area contributed by atoms with Crippen molar-refractivity contribution in [3.8, 4) is 0 Å². The predicted octanol–water partition coefficient (Wildman–Crippen LogP) is 2.82. The van der Waals surface area contributed by atoms with Gasteiger partial charge < -0.3 is 20.1 Å². The van der Waals surface area contributed by atoms with Gasteiger partial charge in [0.15, 0.2) is 0 Å². The smallest absolute Gasteiger partial charge is 0.109 e. The summed E-state index contributed by atoms with van der Waals surface area (Å²) >= 11 is 0. The molecule has 0 radical (unpaired) electrons. The molecule has 3 N–H and O–H groups in total. The lowest BCUT2D eigenvalue weighted by molar-refractivity contribution is -0.0213. The second-order valence-electron chi connectivity index (χ2n) is 9.02. The van der Waals surface area contributed by atoms with Crippen LogP contribution < -0.4 is 0 Å². The zero-order chi connectivity index (χ0) is 18.6. The lowest BCUT2D eigenvalue weighted by atomic mass is 9.68. The highest BCUT2D eigenvalue weighted by Gasteiger charge is 2.52. The number of aliphatic hydroxyl groups is 3. The van der Waals surface area contributed by atoms with E-state index in [1.165, 1.54) is 5.57 Å². The van der Waals surface area contributed by atoms with Gasteiger partial charge in [-0.05, 0) is 54.6 Å². The van der Waals surface area contributed by atoms with Gasteiger partial charge in [-0.2, -0.15) is 0 Å². The van der Waals surface area contributed by atoms with Gasteiger partial charge in [-0.3, -0.25) is 0 Å². The number of hydrogen-bond donors (Lipinski definition) is 3. The third kappa shape index (κ3) is 2.91. The first-order valence-electron chi connectivity index (χ1n) is 9.68. The Labute approximate surface area is 151 Å². The van der Waals surface area contributed by atoms with Gasteiger partial charge in [-0.1, -0.05) is 39.3 Å². The topological polar surface area (TPSA) is 69.9 Å². The van der Waals surface area contributed by atoms with Gasteiger partial charge >= 0.3 is 0 Å². The Morgan fingerprint density at radius 1 is 1.28 bits per heavy atom. The first kappa shape index (κ1) is 19.1. The third-order valence-electron chi connectivity index (χ3n) is 7.03. The Hall–Kier alpha value is -0.680. The van der Waals surface area contributed by atoms with Gasteiger partial charge in [-0.15, -0.1) is 0 Å². The summed E-state index contributed by atoms with van der Waals surface area (Å²) in [6.07, 6.45) is 3.93. The molecule has 25 heavy (non-hydrogen) atoms. The summed E-state index contributed by atoms with van der Waals surface area (Å²) in [5, 5.41) is 33.2. The molecule has 3 rings (SSSR count). The normalized spacial score (nSPS) is 44.4. The van der Waals surface area contributed by atoms with E-state index in [0.29, 0.717) is 12.3 Å². The molecule has 0 amide bonds. The molecular weight excluding hydrogens is 316 g/mol. The van der Waals surface area contributed by atoms with Crippen LogP contribution in [0.3, 0.4) is 0 Å². The Balaban J connectivity index is 2.18. The highest BCUT2D eigenvalue weighted by Crippen LogP contribution is 2.55. The molecule has 0 heterocycles. The molecule has 0 saturated heterocycles. The fourth-order valence-corrected chi connectivity index (χ4v) is 5.57. The second-order valence-corrected chi connectivity index (χ2v) is 9.02. The molecule has 0 aliphatic heterocycles. The van der Waals surface area contributed by atoms with Crippen LogP contribution in [0, 0.1) is 23.2 Å². The minimum Gasteiger partial charge on any atom is -0.390 e. The number of hydrogen-bond acceptors (Lipinski definition) is 4. The van der Waals surface area contributed by atoms with Crippen molar-refractivity contribution in [2.75, 3.05) is 13.7 Å². The van der Waals surface area contributed by atoms with E-state index in [-0.39, 0.29) is 23.9 Å². The van der Waals surface area contributed by atoms with E-state index in [1.54, 1.807) is 7.11 Å². The average molecular weight is 350 g/mol. The van der Waals surface area contributed by atoms with Crippen LogP contribution in [0.1, 0.15) is 53.4 Å². The van der Waals surface area contributed by atoms with Crippen molar-refractivity contribution in [1.82, 2.24) is 0 Å². The van der Waals surface area contributed by atoms with E-state index >= 15 is 0 Å². The summed E-state index contributed by atoms with van der Waals surface area (Å²) in [6, 6.07) is 0. The van der Waals surface area contributed by atoms with Crippen molar-refractivity contribution >= 4 is 0 Å². The van der Waals surface area contributed by atoms with Crippen LogP contribution in [0.2, 0.25) is 0 Å². The molecule has 0 aromatic carbocycles. The van der Waals surface area contributed by atoms with Crippen LogP contribution in [-0.4, -0.2) is 46.8 Å². The summed E-state index contributed by atoms with van der Waals surface area (Å²) in [4.78, 5) is 0. The SMILES string of the molecule is COCC1(O)CCC2C1=CC1(C)CCC(C(C)C)=C1C(O)C(O)C2C. The molecule has 0 aromatic heterocycles. The van der Waals surface area contributed by atoms with E-state index < -0.39 is 17.8 Å². The molecule has 3 aliphatic rings. The molecule has 142 valence electrons. The van der Waals surface area contributed by atoms with Crippen LogP contribution in [0.5, 0.6) is 0 Å². The number of ether oxygens (including phenoxy) is 1. The quantitative estimate of drug-likeness (QED) is 0.685. The van der Waals surface area contributed by atoms with Gasteiger partial charge in [-0.25, -0.2) is 0 Å². The second kappa shape index (κ2) is 6.49. The molecule has 1 fully saturated rings. The largest absolute Gasteiger partial charge is 0.390 e. The fraction of sp³-hybridized carbons (Fsp3) is 0.810. The number of rotatable bonds is 3. The van der Waals surface area contributed by atoms with Crippen LogP contribution in [0.25, 0.3) is 0 Å². The first-order valence-corrected chi connectivity index (χ1v) is 9.68. The molecule has 4 heteroatoms. The Kier molecular flexibility index (Phi) is 4.95. The average Bonchev–Trinajstić information content (AvgIpc) is 3.04. The van der Waals surface area contributed by atoms with Crippen molar-refractivity contribution in [2.24, 2.45) is 23.2 Å². The van der Waals surface area contributed by atoms with Crippen molar-refractivity contribution in [1.29, 1.82) is 0 Å². The summed E-state index contributed by atoms with van der Waals surface area (Å²) in [5.74, 6) is 0.341. The van der Waals surface area contributed by atoms with Crippen molar-refractivity contribution < 1.29 is 20.1 Å². The van der Waals surface area contributed by atoms with Gasteiger partial charge in [0.1, 0.15) is 11.7 Å². The minimum atomic E-state index is -0.954. The number of methoxy groups -OCH3 is 1. The minimum absolute atomic E-state index is 0.0891. The predicted molar refractivity (Wildman–Crippen MR) is 98.0 cm³/mol. The van der Waals surface area contributed by atoms with Crippen molar-refractivity contribution in [3.63, 3.8) is 0 Å². The molecule has 0 bridgehead atoms. The monoisotopic (exact) mass is 350 g/mol. The van der Waals surface area contributed by atoms with Gasteiger partial charge in [0.05, 0.1) is 12.7 Å². The molecule has 6 atom stereocenters. The van der Waals surface area contributed by atoms with Crippen molar-refractivity contribution in [2.45, 2.75) is 71.2 Å². The maximum Gasteiger partial charge on any atom is 0.109 e. The molecule has 4 nitrogen and oxygen atoms in total. The number of fused-ring (bicyclic) bond motifs is 2. The molecular formula is C21H34O4. The van der Waals surface area contributed by atoms with Gasteiger partial charge in [0.2, 0.25) is 0 Å². The van der Waals surface area contributed by atoms with E-state index in [1.807, 2.05) is 6.92 Å². The summed E-state index contributed by atoms with van der Waals surface area (Å²) in [5.41, 5.74) is 2.01. The summed E-state index contributed by atoms with van der Waals surface area (Å²) < 4.78 is 5.32. The van der Waals surface area contributed by atoms with Crippen LogP contribution >= 0.6 is 0 Å². The van der Waals surface area contributed by atoms with Crippen LogP contribution in [0.4, 0.5) is 0 Å². The Bertz CT molecular complexity index is 593. The highest BCUT2D eigenvalue weighted by atomic mass is 16.5. The Morgan fingerprint density at radius 3 is 2.56 bits per heavy atom. The van der Waals surface area contributed by atoms with Gasteiger partial charge in [0.25, 0.3) is 0 Å². The lowest BCUT2D eigenvalue weighted by Crippen LogP contribution is -2.44. The fourth-order valence-electron chi connectivity index (χ4n) is 5.57. The van der Waals surface area contributed by atoms with Crippen LogP contribution in [0.15, 0.2) is 22.8 Å². The third-order valence-corrected chi connectivity index (χ3v) is 7.03. The van der Waals surface area contributed by atoms with Crippen molar-refractivity contribution in [3.05, 3.63) is 22.8 Å². The van der Waals surface area contributed by atoms with E-state index in [9.17, 15) is 15.3 Å². The summed E-state index contributed by atoms with van der Waals surface area (Å²) in [7, 11) is 1.62. The molecule has 1 saturated carbocycles. The molecule has 0 spiro atoms. The highest BCUT2D eigenvalue weighted by molar-refractivity contribution is 5.42. The molecule has 0 aromatic rings. The molecule has 6 unspecified atom stereocenters. The number of aliphatic hydroxyl groups excluding tert-OH is 2.